The zero-order valence-electron chi connectivity index (χ0n) is 12.1. The van der Waals surface area contributed by atoms with Crippen LogP contribution in [0.25, 0.3) is 0 Å². The van der Waals surface area contributed by atoms with Crippen molar-refractivity contribution >= 4 is 12.1 Å². The number of pyridine rings is 1. The van der Waals surface area contributed by atoms with E-state index in [0.717, 1.165) is 18.4 Å². The molecule has 0 aromatic carbocycles. The molecular weight excluding hydrogens is 272 g/mol. The van der Waals surface area contributed by atoms with Gasteiger partial charge in [-0.3, -0.25) is 9.88 Å². The van der Waals surface area contributed by atoms with Crippen LogP contribution in [-0.4, -0.2) is 39.7 Å². The maximum absolute atomic E-state index is 12.2. The average molecular weight is 292 g/mol. The Morgan fingerprint density at radius 2 is 2.29 bits per heavy atom. The van der Waals surface area contributed by atoms with Crippen molar-refractivity contribution in [3.8, 4) is 0 Å². The van der Waals surface area contributed by atoms with Crippen molar-refractivity contribution in [2.45, 2.75) is 44.7 Å². The van der Waals surface area contributed by atoms with Gasteiger partial charge in [-0.05, 0) is 30.9 Å². The molecule has 1 amide bonds. The maximum atomic E-state index is 12.2. The van der Waals surface area contributed by atoms with Crippen LogP contribution in [-0.2, 0) is 9.53 Å². The molecule has 1 aromatic rings. The first-order chi connectivity index (χ1) is 10.1. The number of aromatic nitrogens is 1. The van der Waals surface area contributed by atoms with Gasteiger partial charge >= 0.3 is 12.1 Å². The Balaban J connectivity index is 2.16. The van der Waals surface area contributed by atoms with E-state index in [1.165, 1.54) is 4.90 Å². The highest BCUT2D eigenvalue weighted by Crippen LogP contribution is 2.36. The summed E-state index contributed by atoms with van der Waals surface area (Å²) in [6, 6.07) is 2.52. The smallest absolute Gasteiger partial charge is 0.411 e. The number of carbonyl (C=O) groups excluding carboxylic acids is 1. The minimum absolute atomic E-state index is 0.283. The summed E-state index contributed by atoms with van der Waals surface area (Å²) >= 11 is 0. The van der Waals surface area contributed by atoms with Crippen LogP contribution >= 0.6 is 0 Å². The first-order valence-corrected chi connectivity index (χ1v) is 7.23. The Hall–Kier alpha value is -2.11. The molecule has 1 saturated heterocycles. The molecule has 1 aromatic heterocycles. The van der Waals surface area contributed by atoms with E-state index in [-0.39, 0.29) is 6.04 Å². The molecule has 0 spiro atoms. The third-order valence-corrected chi connectivity index (χ3v) is 3.67. The number of nitrogens with zero attached hydrogens (tertiary/aromatic N) is 2. The molecule has 6 nitrogen and oxygen atoms in total. The predicted molar refractivity (Wildman–Crippen MR) is 75.7 cm³/mol. The van der Waals surface area contributed by atoms with Gasteiger partial charge in [-0.2, -0.15) is 0 Å². The molecule has 1 N–H and O–H groups in total. The highest BCUT2D eigenvalue weighted by molar-refractivity contribution is 5.81. The van der Waals surface area contributed by atoms with Crippen LogP contribution in [0.2, 0.25) is 0 Å². The van der Waals surface area contributed by atoms with E-state index in [1.54, 1.807) is 18.5 Å². The van der Waals surface area contributed by atoms with Crippen molar-refractivity contribution in [3.63, 3.8) is 0 Å². The van der Waals surface area contributed by atoms with Crippen molar-refractivity contribution in [2.75, 3.05) is 6.61 Å². The molecule has 2 unspecified atom stereocenters. The Morgan fingerprint density at radius 1 is 1.48 bits per heavy atom. The quantitative estimate of drug-likeness (QED) is 0.844. The molecule has 6 heteroatoms. The SMILES string of the molecule is CCCCOC(=O)N1C(C(=O)O)CCC1c1cccnc1. The third-order valence-electron chi connectivity index (χ3n) is 3.67. The van der Waals surface area contributed by atoms with Crippen molar-refractivity contribution in [3.05, 3.63) is 30.1 Å². The van der Waals surface area contributed by atoms with E-state index in [9.17, 15) is 14.7 Å². The lowest BCUT2D eigenvalue weighted by Gasteiger charge is -2.27. The summed E-state index contributed by atoms with van der Waals surface area (Å²) in [5.41, 5.74) is 0.841. The molecule has 1 aliphatic rings. The summed E-state index contributed by atoms with van der Waals surface area (Å²) in [4.78, 5) is 29.0. The van der Waals surface area contributed by atoms with E-state index >= 15 is 0 Å². The van der Waals surface area contributed by atoms with Gasteiger partial charge in [0, 0.05) is 12.4 Å². The van der Waals surface area contributed by atoms with Crippen molar-refractivity contribution < 1.29 is 19.4 Å². The monoisotopic (exact) mass is 292 g/mol. The second-order valence-electron chi connectivity index (χ2n) is 5.11. The fourth-order valence-electron chi connectivity index (χ4n) is 2.59. The summed E-state index contributed by atoms with van der Waals surface area (Å²) in [5, 5.41) is 9.30. The first kappa shape index (κ1) is 15.3. The molecule has 1 aliphatic heterocycles. The van der Waals surface area contributed by atoms with Crippen LogP contribution in [0, 0.1) is 0 Å². The molecule has 2 atom stereocenters. The van der Waals surface area contributed by atoms with Crippen LogP contribution in [0.4, 0.5) is 4.79 Å². The van der Waals surface area contributed by atoms with E-state index in [4.69, 9.17) is 4.74 Å². The molecule has 1 fully saturated rings. The maximum Gasteiger partial charge on any atom is 0.411 e. The number of carboxylic acids is 1. The highest BCUT2D eigenvalue weighted by Gasteiger charge is 2.42. The Kier molecular flexibility index (Phi) is 5.14. The first-order valence-electron chi connectivity index (χ1n) is 7.23. The molecule has 2 rings (SSSR count). The third kappa shape index (κ3) is 3.51. The fraction of sp³-hybridized carbons (Fsp3) is 0.533. The molecule has 0 bridgehead atoms. The number of hydrogen-bond donors (Lipinski definition) is 1. The largest absolute Gasteiger partial charge is 0.480 e. The highest BCUT2D eigenvalue weighted by atomic mass is 16.6. The molecule has 0 aliphatic carbocycles. The standard InChI is InChI=1S/C15H20N2O4/c1-2-3-9-21-15(20)17-12(6-7-13(17)14(18)19)11-5-4-8-16-10-11/h4-5,8,10,12-13H,2-3,6-7,9H2,1H3,(H,18,19). The number of unbranched alkanes of at least 4 members (excludes halogenated alkanes) is 1. The second kappa shape index (κ2) is 7.06. The topological polar surface area (TPSA) is 79.7 Å². The lowest BCUT2D eigenvalue weighted by Crippen LogP contribution is -2.42. The van der Waals surface area contributed by atoms with E-state index in [1.807, 2.05) is 13.0 Å². The van der Waals surface area contributed by atoms with Gasteiger partial charge in [0.1, 0.15) is 6.04 Å². The minimum atomic E-state index is -0.992. The van der Waals surface area contributed by atoms with Gasteiger partial charge in [0.05, 0.1) is 12.6 Å². The van der Waals surface area contributed by atoms with Gasteiger partial charge < -0.3 is 9.84 Å². The van der Waals surface area contributed by atoms with Gasteiger partial charge in [-0.1, -0.05) is 19.4 Å². The molecule has 114 valence electrons. The molecule has 0 saturated carbocycles. The number of ether oxygens (including phenoxy) is 1. The van der Waals surface area contributed by atoms with Crippen LogP contribution in [0.1, 0.15) is 44.2 Å². The lowest BCUT2D eigenvalue weighted by atomic mass is 10.1. The zero-order chi connectivity index (χ0) is 15.2. The number of likely N-dealkylation sites (tertiary alicyclic amines) is 1. The molecule has 0 radical (unpaired) electrons. The number of rotatable bonds is 5. The number of carbonyl (C=O) groups is 2. The Morgan fingerprint density at radius 3 is 2.90 bits per heavy atom. The second-order valence-corrected chi connectivity index (χ2v) is 5.11. The van der Waals surface area contributed by atoms with Crippen LogP contribution in [0.15, 0.2) is 24.5 Å². The Bertz CT molecular complexity index is 492. The molecule has 2 heterocycles. The zero-order valence-corrected chi connectivity index (χ0v) is 12.1. The number of carboxylic acid groups (broad SMARTS) is 1. The van der Waals surface area contributed by atoms with Crippen LogP contribution < -0.4 is 0 Å². The van der Waals surface area contributed by atoms with E-state index < -0.39 is 18.1 Å². The number of amides is 1. The normalized spacial score (nSPS) is 21.3. The van der Waals surface area contributed by atoms with Crippen LogP contribution in [0.5, 0.6) is 0 Å². The van der Waals surface area contributed by atoms with Gasteiger partial charge in [0.2, 0.25) is 0 Å². The fourth-order valence-corrected chi connectivity index (χ4v) is 2.59. The summed E-state index contributed by atoms with van der Waals surface area (Å²) in [7, 11) is 0. The lowest BCUT2D eigenvalue weighted by molar-refractivity contribution is -0.142. The summed E-state index contributed by atoms with van der Waals surface area (Å²) in [6.07, 6.45) is 5.49. The summed E-state index contributed by atoms with van der Waals surface area (Å²) < 4.78 is 5.20. The predicted octanol–water partition coefficient (Wildman–Crippen LogP) is 2.61. The van der Waals surface area contributed by atoms with Gasteiger partial charge in [-0.15, -0.1) is 0 Å². The molecule has 21 heavy (non-hydrogen) atoms. The van der Waals surface area contributed by atoms with Crippen molar-refractivity contribution in [1.29, 1.82) is 0 Å². The van der Waals surface area contributed by atoms with Gasteiger partial charge in [0.25, 0.3) is 0 Å². The summed E-state index contributed by atoms with van der Waals surface area (Å²) in [5.74, 6) is -0.992. The van der Waals surface area contributed by atoms with Gasteiger partial charge in [-0.25, -0.2) is 9.59 Å². The number of hydrogen-bond acceptors (Lipinski definition) is 4. The molecular formula is C15H20N2O4. The minimum Gasteiger partial charge on any atom is -0.480 e. The van der Waals surface area contributed by atoms with Crippen molar-refractivity contribution in [2.24, 2.45) is 0 Å². The summed E-state index contributed by atoms with van der Waals surface area (Å²) in [6.45, 7) is 2.32. The number of aliphatic carboxylic acids is 1. The van der Waals surface area contributed by atoms with Crippen molar-refractivity contribution in [1.82, 2.24) is 9.88 Å². The van der Waals surface area contributed by atoms with E-state index in [2.05, 4.69) is 4.98 Å². The average Bonchev–Trinajstić information content (AvgIpc) is 2.93. The van der Waals surface area contributed by atoms with E-state index in [0.29, 0.717) is 19.4 Å². The van der Waals surface area contributed by atoms with Gasteiger partial charge in [0.15, 0.2) is 0 Å². The Labute approximate surface area is 123 Å². The van der Waals surface area contributed by atoms with Crippen LogP contribution in [0.3, 0.4) is 0 Å².